The van der Waals surface area contributed by atoms with Crippen molar-refractivity contribution in [3.05, 3.63) is 21.9 Å². The number of anilines is 1. The Morgan fingerprint density at radius 3 is 2.95 bits per heavy atom. The van der Waals surface area contributed by atoms with E-state index >= 15 is 0 Å². The molecule has 1 N–H and O–H groups in total. The number of carboxylic acid groups (broad SMARTS) is 1. The van der Waals surface area contributed by atoms with Gasteiger partial charge in [0.25, 0.3) is 0 Å². The van der Waals surface area contributed by atoms with Crippen molar-refractivity contribution in [2.75, 3.05) is 11.4 Å². The molecule has 1 fully saturated rings. The number of aromatic carboxylic acids is 1. The van der Waals surface area contributed by atoms with E-state index < -0.39 is 5.97 Å². The first kappa shape index (κ1) is 14.0. The highest BCUT2D eigenvalue weighted by atomic mass is 32.1. The first-order valence-electron chi connectivity index (χ1n) is 6.85. The zero-order chi connectivity index (χ0) is 15.0. The van der Waals surface area contributed by atoms with Crippen molar-refractivity contribution < 1.29 is 14.4 Å². The van der Waals surface area contributed by atoms with Crippen LogP contribution < -0.4 is 4.90 Å². The van der Waals surface area contributed by atoms with Gasteiger partial charge in [0, 0.05) is 17.8 Å². The van der Waals surface area contributed by atoms with Crippen LogP contribution in [0.3, 0.4) is 0 Å². The maximum absolute atomic E-state index is 10.9. The molecular weight excluding hydrogens is 292 g/mol. The molecule has 21 heavy (non-hydrogen) atoms. The average molecular weight is 308 g/mol. The summed E-state index contributed by atoms with van der Waals surface area (Å²) in [6.45, 7) is 4.83. The molecule has 112 valence electrons. The molecule has 0 amide bonds. The lowest BCUT2D eigenvalue weighted by Crippen LogP contribution is -2.23. The molecule has 3 heterocycles. The molecular formula is C13H16N4O3S. The summed E-state index contributed by atoms with van der Waals surface area (Å²) < 4.78 is 5.34. The average Bonchev–Trinajstić information content (AvgIpc) is 3.17. The Morgan fingerprint density at radius 1 is 1.52 bits per heavy atom. The van der Waals surface area contributed by atoms with Gasteiger partial charge in [-0.15, -0.1) is 11.3 Å². The number of hydrogen-bond acceptors (Lipinski definition) is 7. The van der Waals surface area contributed by atoms with E-state index in [4.69, 9.17) is 9.63 Å². The molecule has 0 spiro atoms. The van der Waals surface area contributed by atoms with Gasteiger partial charge in [-0.2, -0.15) is 4.98 Å². The standard InChI is InChI=1S/C13H16N4O3S/c1-7(2)10-15-13(20-16-10)17-5-3-4-9(17)11-14-8(6-21-11)12(18)19/h6-7,9H,3-5H2,1-2H3,(H,18,19). The number of nitrogens with zero attached hydrogens (tertiary/aromatic N) is 4. The molecule has 1 atom stereocenters. The largest absolute Gasteiger partial charge is 0.476 e. The fourth-order valence-corrected chi connectivity index (χ4v) is 3.31. The first-order valence-corrected chi connectivity index (χ1v) is 7.73. The van der Waals surface area contributed by atoms with Gasteiger partial charge in [-0.1, -0.05) is 19.0 Å². The lowest BCUT2D eigenvalue weighted by molar-refractivity contribution is 0.0691. The number of carbonyl (C=O) groups is 1. The van der Waals surface area contributed by atoms with Crippen molar-refractivity contribution in [3.8, 4) is 0 Å². The molecule has 0 saturated carbocycles. The minimum absolute atomic E-state index is 0.0172. The Bertz CT molecular complexity index is 651. The topological polar surface area (TPSA) is 92.4 Å². The normalized spacial score (nSPS) is 18.6. The highest BCUT2D eigenvalue weighted by molar-refractivity contribution is 7.09. The molecule has 1 saturated heterocycles. The summed E-state index contributed by atoms with van der Waals surface area (Å²) in [7, 11) is 0. The molecule has 1 aliphatic heterocycles. The molecule has 0 bridgehead atoms. The van der Waals surface area contributed by atoms with Gasteiger partial charge in [-0.3, -0.25) is 0 Å². The maximum atomic E-state index is 10.9. The zero-order valence-electron chi connectivity index (χ0n) is 11.8. The molecule has 1 aliphatic rings. The lowest BCUT2D eigenvalue weighted by Gasteiger charge is -2.19. The van der Waals surface area contributed by atoms with Gasteiger partial charge in [0.05, 0.1) is 6.04 Å². The van der Waals surface area contributed by atoms with E-state index in [2.05, 4.69) is 15.1 Å². The predicted octanol–water partition coefficient (Wildman–Crippen LogP) is 2.69. The van der Waals surface area contributed by atoms with E-state index in [1.807, 2.05) is 18.7 Å². The van der Waals surface area contributed by atoms with Crippen LogP contribution >= 0.6 is 11.3 Å². The van der Waals surface area contributed by atoms with Crippen molar-refractivity contribution in [2.24, 2.45) is 0 Å². The number of aromatic nitrogens is 3. The molecule has 1 unspecified atom stereocenters. The monoisotopic (exact) mass is 308 g/mol. The molecule has 2 aromatic heterocycles. The van der Waals surface area contributed by atoms with Crippen molar-refractivity contribution in [3.63, 3.8) is 0 Å². The number of thiazole rings is 1. The molecule has 0 radical (unpaired) electrons. The van der Waals surface area contributed by atoms with Crippen LogP contribution in [0.5, 0.6) is 0 Å². The first-order chi connectivity index (χ1) is 10.1. The summed E-state index contributed by atoms with van der Waals surface area (Å²) in [4.78, 5) is 21.6. The highest BCUT2D eigenvalue weighted by Crippen LogP contribution is 2.36. The third-order valence-corrected chi connectivity index (χ3v) is 4.42. The van der Waals surface area contributed by atoms with E-state index in [1.54, 1.807) is 5.38 Å². The molecule has 0 aromatic carbocycles. The number of carboxylic acids is 1. The maximum Gasteiger partial charge on any atom is 0.355 e. The molecule has 3 rings (SSSR count). The third-order valence-electron chi connectivity index (χ3n) is 3.47. The minimum atomic E-state index is -0.998. The second kappa shape index (κ2) is 5.44. The summed E-state index contributed by atoms with van der Waals surface area (Å²) in [6, 6.07) is 0.511. The molecule has 2 aromatic rings. The summed E-state index contributed by atoms with van der Waals surface area (Å²) in [5.74, 6) is -0.107. The fourth-order valence-electron chi connectivity index (χ4n) is 2.37. The molecule has 8 heteroatoms. The van der Waals surface area contributed by atoms with E-state index in [0.717, 1.165) is 24.4 Å². The molecule has 7 nitrogen and oxygen atoms in total. The van der Waals surface area contributed by atoms with Crippen molar-refractivity contribution in [1.29, 1.82) is 0 Å². The predicted molar refractivity (Wildman–Crippen MR) is 76.8 cm³/mol. The van der Waals surface area contributed by atoms with Crippen LogP contribution in [0.4, 0.5) is 6.01 Å². The smallest absolute Gasteiger partial charge is 0.355 e. The summed E-state index contributed by atoms with van der Waals surface area (Å²) in [5, 5.41) is 15.3. The summed E-state index contributed by atoms with van der Waals surface area (Å²) in [6.07, 6.45) is 1.90. The van der Waals surface area contributed by atoms with Gasteiger partial charge in [0.15, 0.2) is 11.5 Å². The Kier molecular flexibility index (Phi) is 3.62. The van der Waals surface area contributed by atoms with Crippen molar-refractivity contribution >= 4 is 23.3 Å². The van der Waals surface area contributed by atoms with Crippen LogP contribution in [0.15, 0.2) is 9.90 Å². The van der Waals surface area contributed by atoms with Crippen LogP contribution in [-0.4, -0.2) is 32.7 Å². The van der Waals surface area contributed by atoms with E-state index in [0.29, 0.717) is 11.8 Å². The van der Waals surface area contributed by atoms with Gasteiger partial charge in [-0.05, 0) is 12.8 Å². The van der Waals surface area contributed by atoms with Gasteiger partial charge in [0.2, 0.25) is 0 Å². The SMILES string of the molecule is CC(C)c1noc(N2CCCC2c2nc(C(=O)O)cs2)n1. The zero-order valence-corrected chi connectivity index (χ0v) is 12.6. The number of hydrogen-bond donors (Lipinski definition) is 1. The van der Waals surface area contributed by atoms with Crippen molar-refractivity contribution in [2.45, 2.75) is 38.6 Å². The molecule has 0 aliphatic carbocycles. The Morgan fingerprint density at radius 2 is 2.33 bits per heavy atom. The Labute approximate surface area is 125 Å². The van der Waals surface area contributed by atoms with Crippen molar-refractivity contribution in [1.82, 2.24) is 15.1 Å². The van der Waals surface area contributed by atoms with E-state index in [1.165, 1.54) is 11.3 Å². The Balaban J connectivity index is 1.85. The van der Waals surface area contributed by atoms with Gasteiger partial charge in [0.1, 0.15) is 5.01 Å². The van der Waals surface area contributed by atoms with Crippen LogP contribution in [0.2, 0.25) is 0 Å². The van der Waals surface area contributed by atoms with E-state index in [-0.39, 0.29) is 17.7 Å². The van der Waals surface area contributed by atoms with E-state index in [9.17, 15) is 4.79 Å². The summed E-state index contributed by atoms with van der Waals surface area (Å²) in [5.41, 5.74) is 0.0928. The van der Waals surface area contributed by atoms with Gasteiger partial charge >= 0.3 is 12.0 Å². The van der Waals surface area contributed by atoms with Crippen LogP contribution in [0, 0.1) is 0 Å². The second-order valence-corrected chi connectivity index (χ2v) is 6.21. The van der Waals surface area contributed by atoms with Gasteiger partial charge in [-0.25, -0.2) is 9.78 Å². The minimum Gasteiger partial charge on any atom is -0.476 e. The number of rotatable bonds is 4. The van der Waals surface area contributed by atoms with Crippen LogP contribution in [0.1, 0.15) is 60.0 Å². The fraction of sp³-hybridized carbons (Fsp3) is 0.538. The van der Waals surface area contributed by atoms with Gasteiger partial charge < -0.3 is 14.5 Å². The second-order valence-electron chi connectivity index (χ2n) is 5.32. The quantitative estimate of drug-likeness (QED) is 0.928. The lowest BCUT2D eigenvalue weighted by atomic mass is 10.2. The Hall–Kier alpha value is -1.96. The third kappa shape index (κ3) is 2.63. The van der Waals surface area contributed by atoms with Crippen LogP contribution in [0.25, 0.3) is 0 Å². The van der Waals surface area contributed by atoms with Crippen LogP contribution in [-0.2, 0) is 0 Å². The highest BCUT2D eigenvalue weighted by Gasteiger charge is 2.32. The summed E-state index contributed by atoms with van der Waals surface area (Å²) >= 11 is 1.36.